The van der Waals surface area contributed by atoms with Gasteiger partial charge in [0.1, 0.15) is 0 Å². The fourth-order valence-electron chi connectivity index (χ4n) is 1.74. The number of rotatable bonds is 7. The zero-order valence-electron chi connectivity index (χ0n) is 11.4. The highest BCUT2D eigenvalue weighted by molar-refractivity contribution is 7.55. The molecule has 1 unspecified atom stereocenters. The van der Waals surface area contributed by atoms with Crippen molar-refractivity contribution >= 4 is 13.6 Å². The average molecular weight is 286 g/mol. The molecule has 1 rings (SSSR count). The minimum atomic E-state index is -3.60. The lowest BCUT2D eigenvalue weighted by Crippen LogP contribution is -2.17. The Kier molecular flexibility index (Phi) is 6.22. The Morgan fingerprint density at radius 3 is 2.11 bits per heavy atom. The van der Waals surface area contributed by atoms with E-state index in [4.69, 9.17) is 13.8 Å². The molecule has 0 saturated carbocycles. The van der Waals surface area contributed by atoms with Gasteiger partial charge in [-0.1, -0.05) is 30.3 Å². The topological polar surface area (TPSA) is 61.8 Å². The maximum Gasteiger partial charge on any atom is 0.349 e. The second kappa shape index (κ2) is 7.43. The van der Waals surface area contributed by atoms with Crippen LogP contribution < -0.4 is 0 Å². The largest absolute Gasteiger partial charge is 0.468 e. The Hall–Kier alpha value is -1.16. The van der Waals surface area contributed by atoms with Crippen molar-refractivity contribution in [3.63, 3.8) is 0 Å². The van der Waals surface area contributed by atoms with Gasteiger partial charge < -0.3 is 13.8 Å². The molecule has 0 aliphatic carbocycles. The Bertz CT molecular complexity index is 436. The fraction of sp³-hybridized carbons (Fsp3) is 0.462. The standard InChI is InChI=1S/C13H19O5P/c1-4-17-19(15,18-5-2)12(13(14)16-3)11-9-7-6-8-10-11/h6-10,12H,4-5H2,1-3H3. The lowest BCUT2D eigenvalue weighted by atomic mass is 10.1. The summed E-state index contributed by atoms with van der Waals surface area (Å²) in [4.78, 5) is 12.0. The molecule has 19 heavy (non-hydrogen) atoms. The van der Waals surface area contributed by atoms with E-state index < -0.39 is 19.2 Å². The summed E-state index contributed by atoms with van der Waals surface area (Å²) < 4.78 is 28.0. The maximum atomic E-state index is 12.8. The molecule has 0 bridgehead atoms. The van der Waals surface area contributed by atoms with E-state index in [9.17, 15) is 9.36 Å². The second-order valence-corrected chi connectivity index (χ2v) is 5.82. The van der Waals surface area contributed by atoms with Gasteiger partial charge in [-0.2, -0.15) is 0 Å². The fourth-order valence-corrected chi connectivity index (χ4v) is 3.73. The molecule has 1 aromatic rings. The maximum absolute atomic E-state index is 12.8. The molecule has 0 aliphatic rings. The van der Waals surface area contributed by atoms with E-state index in [1.807, 2.05) is 6.07 Å². The number of carbonyl (C=O) groups is 1. The van der Waals surface area contributed by atoms with Crippen molar-refractivity contribution in [1.29, 1.82) is 0 Å². The molecule has 0 spiro atoms. The Labute approximate surface area is 113 Å². The molecule has 5 nitrogen and oxygen atoms in total. The summed E-state index contributed by atoms with van der Waals surface area (Å²) in [6.07, 6.45) is 0. The van der Waals surface area contributed by atoms with E-state index >= 15 is 0 Å². The normalized spacial score (nSPS) is 13.0. The first-order valence-electron chi connectivity index (χ1n) is 6.10. The number of carbonyl (C=O) groups excluding carboxylic acids is 1. The Balaban J connectivity index is 3.22. The minimum Gasteiger partial charge on any atom is -0.468 e. The third kappa shape index (κ3) is 3.90. The number of benzene rings is 1. The van der Waals surface area contributed by atoms with Crippen molar-refractivity contribution in [2.75, 3.05) is 20.3 Å². The van der Waals surface area contributed by atoms with Gasteiger partial charge in [-0.25, -0.2) is 0 Å². The molecule has 0 radical (unpaired) electrons. The first-order valence-corrected chi connectivity index (χ1v) is 7.71. The molecule has 0 aromatic heterocycles. The monoisotopic (exact) mass is 286 g/mol. The van der Waals surface area contributed by atoms with Crippen molar-refractivity contribution in [3.05, 3.63) is 35.9 Å². The molecule has 1 atom stereocenters. The minimum absolute atomic E-state index is 0.192. The molecule has 0 fully saturated rings. The molecule has 0 saturated heterocycles. The van der Waals surface area contributed by atoms with E-state index in [2.05, 4.69) is 0 Å². The van der Waals surface area contributed by atoms with Crippen LogP contribution in [0.5, 0.6) is 0 Å². The number of esters is 1. The van der Waals surface area contributed by atoms with Gasteiger partial charge in [0, 0.05) is 0 Å². The van der Waals surface area contributed by atoms with Crippen LogP contribution in [0.4, 0.5) is 0 Å². The van der Waals surface area contributed by atoms with Gasteiger partial charge in [-0.05, 0) is 19.4 Å². The van der Waals surface area contributed by atoms with Gasteiger partial charge in [-0.15, -0.1) is 0 Å². The summed E-state index contributed by atoms with van der Waals surface area (Å²) in [6.45, 7) is 3.78. The van der Waals surface area contributed by atoms with E-state index in [1.165, 1.54) is 7.11 Å². The van der Waals surface area contributed by atoms with Crippen molar-refractivity contribution in [2.45, 2.75) is 19.5 Å². The number of ether oxygens (including phenoxy) is 1. The highest BCUT2D eigenvalue weighted by atomic mass is 31.2. The summed E-state index contributed by atoms with van der Waals surface area (Å²) in [6, 6.07) is 8.73. The van der Waals surface area contributed by atoms with Crippen molar-refractivity contribution < 1.29 is 23.1 Å². The number of hydrogen-bond acceptors (Lipinski definition) is 5. The van der Waals surface area contributed by atoms with Crippen LogP contribution in [-0.2, 0) is 23.1 Å². The zero-order valence-corrected chi connectivity index (χ0v) is 12.3. The van der Waals surface area contributed by atoms with E-state index in [0.717, 1.165) is 0 Å². The molecular formula is C13H19O5P. The quantitative estimate of drug-likeness (QED) is 0.569. The SMILES string of the molecule is CCOP(=O)(OCC)C(C(=O)OC)c1ccccc1. The first-order chi connectivity index (χ1) is 9.09. The predicted octanol–water partition coefficient (Wildman–Crippen LogP) is 3.17. The summed E-state index contributed by atoms with van der Waals surface area (Å²) in [5, 5.41) is 0. The first kappa shape index (κ1) is 15.9. The van der Waals surface area contributed by atoms with Gasteiger partial charge in [-0.3, -0.25) is 9.36 Å². The molecular weight excluding hydrogens is 267 g/mol. The summed E-state index contributed by atoms with van der Waals surface area (Å²) in [7, 11) is -2.35. The number of methoxy groups -OCH3 is 1. The highest BCUT2D eigenvalue weighted by Gasteiger charge is 2.43. The van der Waals surface area contributed by atoms with Gasteiger partial charge in [0.05, 0.1) is 20.3 Å². The molecule has 6 heteroatoms. The smallest absolute Gasteiger partial charge is 0.349 e. The molecule has 0 amide bonds. The van der Waals surface area contributed by atoms with E-state index in [1.54, 1.807) is 38.1 Å². The van der Waals surface area contributed by atoms with Crippen LogP contribution in [0, 0.1) is 0 Å². The molecule has 106 valence electrons. The molecule has 1 aromatic carbocycles. The third-order valence-electron chi connectivity index (χ3n) is 2.47. The van der Waals surface area contributed by atoms with Crippen LogP contribution in [-0.4, -0.2) is 26.3 Å². The molecule has 0 aliphatic heterocycles. The Morgan fingerprint density at radius 1 is 1.16 bits per heavy atom. The van der Waals surface area contributed by atoms with Crippen LogP contribution in [0.15, 0.2) is 30.3 Å². The van der Waals surface area contributed by atoms with Gasteiger partial charge >= 0.3 is 13.6 Å². The zero-order chi connectivity index (χ0) is 14.3. The highest BCUT2D eigenvalue weighted by Crippen LogP contribution is 2.61. The third-order valence-corrected chi connectivity index (χ3v) is 4.85. The second-order valence-electron chi connectivity index (χ2n) is 3.71. The van der Waals surface area contributed by atoms with E-state index in [0.29, 0.717) is 5.56 Å². The predicted molar refractivity (Wildman–Crippen MR) is 72.1 cm³/mol. The van der Waals surface area contributed by atoms with Crippen LogP contribution in [0.2, 0.25) is 0 Å². The molecule has 0 N–H and O–H groups in total. The Morgan fingerprint density at radius 2 is 1.68 bits per heavy atom. The summed E-state index contributed by atoms with van der Waals surface area (Å²) in [5.74, 6) is -0.628. The lowest BCUT2D eigenvalue weighted by Gasteiger charge is -2.24. The van der Waals surface area contributed by atoms with E-state index in [-0.39, 0.29) is 13.2 Å². The average Bonchev–Trinajstić information content (AvgIpc) is 2.40. The van der Waals surface area contributed by atoms with Crippen LogP contribution in [0.3, 0.4) is 0 Å². The van der Waals surface area contributed by atoms with Gasteiger partial charge in [0.2, 0.25) is 0 Å². The van der Waals surface area contributed by atoms with Crippen molar-refractivity contribution in [2.24, 2.45) is 0 Å². The van der Waals surface area contributed by atoms with Crippen LogP contribution >= 0.6 is 7.60 Å². The lowest BCUT2D eigenvalue weighted by molar-refractivity contribution is -0.140. The number of hydrogen-bond donors (Lipinski definition) is 0. The van der Waals surface area contributed by atoms with Crippen LogP contribution in [0.25, 0.3) is 0 Å². The molecule has 0 heterocycles. The summed E-state index contributed by atoms with van der Waals surface area (Å²) in [5.41, 5.74) is -0.502. The van der Waals surface area contributed by atoms with Gasteiger partial charge in [0.15, 0.2) is 5.66 Å². The summed E-state index contributed by atoms with van der Waals surface area (Å²) >= 11 is 0. The van der Waals surface area contributed by atoms with Crippen LogP contribution in [0.1, 0.15) is 25.1 Å². The van der Waals surface area contributed by atoms with Gasteiger partial charge in [0.25, 0.3) is 0 Å². The van der Waals surface area contributed by atoms with Crippen molar-refractivity contribution in [3.8, 4) is 0 Å². The van der Waals surface area contributed by atoms with Crippen molar-refractivity contribution in [1.82, 2.24) is 0 Å².